The highest BCUT2D eigenvalue weighted by Crippen LogP contribution is 2.10. The summed E-state index contributed by atoms with van der Waals surface area (Å²) in [7, 11) is 0. The molecule has 0 saturated heterocycles. The van der Waals surface area contributed by atoms with Crippen LogP contribution in [0.5, 0.6) is 0 Å². The first-order valence-corrected chi connectivity index (χ1v) is 3.42. The second-order valence-corrected chi connectivity index (χ2v) is 1.94. The molecule has 0 aliphatic heterocycles. The van der Waals surface area contributed by atoms with Gasteiger partial charge in [0.2, 0.25) is 0 Å². The molecule has 0 bridgehead atoms. The fourth-order valence-corrected chi connectivity index (χ4v) is 0.774. The topological polar surface area (TPSA) is 23.9 Å². The van der Waals surface area contributed by atoms with Crippen molar-refractivity contribution in [2.75, 3.05) is 0 Å². The van der Waals surface area contributed by atoms with E-state index in [4.69, 9.17) is 5.41 Å². The summed E-state index contributed by atoms with van der Waals surface area (Å²) < 4.78 is 0. The molecular weight excluding hydrogens is 134 g/mol. The molecule has 1 nitrogen and oxygen atoms in total. The van der Waals surface area contributed by atoms with E-state index in [-0.39, 0.29) is 0 Å². The summed E-state index contributed by atoms with van der Waals surface area (Å²) in [6, 6.07) is 0. The number of nitrogens with one attached hydrogen (secondary N) is 1. The summed E-state index contributed by atoms with van der Waals surface area (Å²) in [5.41, 5.74) is 1.93. The Morgan fingerprint density at radius 2 is 1.73 bits per heavy atom. The van der Waals surface area contributed by atoms with Crippen molar-refractivity contribution in [1.29, 1.82) is 5.41 Å². The summed E-state index contributed by atoms with van der Waals surface area (Å²) in [5.74, 6) is 0. The van der Waals surface area contributed by atoms with E-state index in [9.17, 15) is 0 Å². The third-order valence-corrected chi connectivity index (χ3v) is 1.35. The quantitative estimate of drug-likeness (QED) is 0.467. The van der Waals surface area contributed by atoms with E-state index in [2.05, 4.69) is 13.2 Å². The molecule has 0 aromatic heterocycles. The lowest BCUT2D eigenvalue weighted by Crippen LogP contribution is -1.81. The number of allylic oxidation sites excluding steroid dienone is 6. The third kappa shape index (κ3) is 2.80. The SMILES string of the molecule is C=CC(=C/C)/C(C=C)=C\C=N. The molecule has 0 radical (unpaired) electrons. The fourth-order valence-electron chi connectivity index (χ4n) is 0.774. The zero-order chi connectivity index (χ0) is 8.69. The van der Waals surface area contributed by atoms with Crippen LogP contribution >= 0.6 is 0 Å². The fraction of sp³-hybridized carbons (Fsp3) is 0.100. The van der Waals surface area contributed by atoms with Crippen molar-refractivity contribution in [3.05, 3.63) is 48.6 Å². The molecule has 0 spiro atoms. The van der Waals surface area contributed by atoms with Crippen molar-refractivity contribution in [2.24, 2.45) is 0 Å². The van der Waals surface area contributed by atoms with Crippen LogP contribution in [0.15, 0.2) is 48.6 Å². The average Bonchev–Trinajstić information content (AvgIpc) is 2.05. The molecule has 0 unspecified atom stereocenters. The Morgan fingerprint density at radius 1 is 1.18 bits per heavy atom. The van der Waals surface area contributed by atoms with Gasteiger partial charge in [-0.1, -0.05) is 31.4 Å². The van der Waals surface area contributed by atoms with E-state index in [0.717, 1.165) is 11.1 Å². The molecule has 1 N–H and O–H groups in total. The van der Waals surface area contributed by atoms with Gasteiger partial charge >= 0.3 is 0 Å². The lowest BCUT2D eigenvalue weighted by Gasteiger charge is -1.99. The van der Waals surface area contributed by atoms with Crippen molar-refractivity contribution in [2.45, 2.75) is 6.92 Å². The maximum Gasteiger partial charge on any atom is 0.0183 e. The summed E-state index contributed by atoms with van der Waals surface area (Å²) in [4.78, 5) is 0. The largest absolute Gasteiger partial charge is 0.309 e. The molecule has 58 valence electrons. The van der Waals surface area contributed by atoms with Gasteiger partial charge in [-0.15, -0.1) is 0 Å². The highest BCUT2D eigenvalue weighted by Gasteiger charge is 1.92. The van der Waals surface area contributed by atoms with Gasteiger partial charge in [-0.3, -0.25) is 0 Å². The second kappa shape index (κ2) is 5.42. The van der Waals surface area contributed by atoms with Crippen LogP contribution in [0.25, 0.3) is 0 Å². The molecule has 0 amide bonds. The molecule has 0 atom stereocenters. The van der Waals surface area contributed by atoms with Gasteiger partial charge in [0.25, 0.3) is 0 Å². The Kier molecular flexibility index (Phi) is 4.74. The molecule has 1 heteroatoms. The predicted molar refractivity (Wildman–Crippen MR) is 51.0 cm³/mol. The normalized spacial score (nSPS) is 12.5. The predicted octanol–water partition coefficient (Wildman–Crippen LogP) is 2.88. The Morgan fingerprint density at radius 3 is 2.00 bits per heavy atom. The molecule has 0 rings (SSSR count). The molecule has 0 heterocycles. The van der Waals surface area contributed by atoms with E-state index in [0.29, 0.717) is 0 Å². The van der Waals surface area contributed by atoms with E-state index < -0.39 is 0 Å². The first kappa shape index (κ1) is 9.63. The monoisotopic (exact) mass is 147 g/mol. The highest BCUT2D eigenvalue weighted by molar-refractivity contribution is 5.72. The molecular formula is C10H13N. The molecule has 0 aromatic rings. The smallest absolute Gasteiger partial charge is 0.0183 e. The lowest BCUT2D eigenvalue weighted by molar-refractivity contribution is 1.51. The molecule has 0 fully saturated rings. The standard InChI is InChI=1S/C10H13N/c1-4-9(5-2)10(6-3)7-8-11/h4-8,11H,1,3H2,2H3/b9-5-,10-7-,11-8?. The van der Waals surface area contributed by atoms with E-state index >= 15 is 0 Å². The third-order valence-electron chi connectivity index (χ3n) is 1.35. The Hall–Kier alpha value is -1.37. The maximum absolute atomic E-state index is 6.87. The number of rotatable bonds is 4. The van der Waals surface area contributed by atoms with E-state index in [1.165, 1.54) is 6.21 Å². The summed E-state index contributed by atoms with van der Waals surface area (Å²) in [6.45, 7) is 9.22. The van der Waals surface area contributed by atoms with Crippen LogP contribution < -0.4 is 0 Å². The van der Waals surface area contributed by atoms with Crippen LogP contribution in [0.4, 0.5) is 0 Å². The van der Waals surface area contributed by atoms with Gasteiger partial charge in [-0.25, -0.2) is 0 Å². The summed E-state index contributed by atoms with van der Waals surface area (Å²) >= 11 is 0. The minimum atomic E-state index is 0.928. The highest BCUT2D eigenvalue weighted by atomic mass is 14.3. The van der Waals surface area contributed by atoms with Gasteiger partial charge in [0.1, 0.15) is 0 Å². The van der Waals surface area contributed by atoms with Crippen LogP contribution in [0.2, 0.25) is 0 Å². The molecule has 0 aliphatic carbocycles. The number of hydrogen-bond acceptors (Lipinski definition) is 1. The average molecular weight is 147 g/mol. The van der Waals surface area contributed by atoms with Gasteiger partial charge < -0.3 is 5.41 Å². The van der Waals surface area contributed by atoms with Crippen LogP contribution in [-0.2, 0) is 0 Å². The van der Waals surface area contributed by atoms with Gasteiger partial charge in [0, 0.05) is 6.21 Å². The molecule has 0 saturated carbocycles. The van der Waals surface area contributed by atoms with Crippen LogP contribution in [-0.4, -0.2) is 6.21 Å². The van der Waals surface area contributed by atoms with Crippen LogP contribution in [0.3, 0.4) is 0 Å². The summed E-state index contributed by atoms with van der Waals surface area (Å²) in [6.07, 6.45) is 8.32. The van der Waals surface area contributed by atoms with Crippen LogP contribution in [0, 0.1) is 5.41 Å². The lowest BCUT2D eigenvalue weighted by atomic mass is 10.1. The van der Waals surface area contributed by atoms with E-state index in [1.807, 2.05) is 13.0 Å². The van der Waals surface area contributed by atoms with Gasteiger partial charge in [0.05, 0.1) is 0 Å². The van der Waals surface area contributed by atoms with E-state index in [1.54, 1.807) is 18.2 Å². The van der Waals surface area contributed by atoms with Gasteiger partial charge in [-0.05, 0) is 24.1 Å². The first-order valence-electron chi connectivity index (χ1n) is 3.42. The summed E-state index contributed by atoms with van der Waals surface area (Å²) in [5, 5.41) is 6.87. The van der Waals surface area contributed by atoms with Gasteiger partial charge in [0.15, 0.2) is 0 Å². The zero-order valence-electron chi connectivity index (χ0n) is 6.80. The Balaban J connectivity index is 4.75. The minimum absolute atomic E-state index is 0.928. The number of hydrogen-bond donors (Lipinski definition) is 1. The Bertz CT molecular complexity index is 219. The Labute approximate surface area is 68.0 Å². The van der Waals surface area contributed by atoms with Crippen molar-refractivity contribution >= 4 is 6.21 Å². The van der Waals surface area contributed by atoms with Crippen molar-refractivity contribution < 1.29 is 0 Å². The second-order valence-electron chi connectivity index (χ2n) is 1.94. The van der Waals surface area contributed by atoms with Crippen molar-refractivity contribution in [3.8, 4) is 0 Å². The maximum atomic E-state index is 6.87. The van der Waals surface area contributed by atoms with Crippen molar-refractivity contribution in [3.63, 3.8) is 0 Å². The molecule has 0 aromatic carbocycles. The van der Waals surface area contributed by atoms with Crippen molar-refractivity contribution in [1.82, 2.24) is 0 Å². The molecule has 11 heavy (non-hydrogen) atoms. The zero-order valence-corrected chi connectivity index (χ0v) is 6.80. The van der Waals surface area contributed by atoms with Crippen LogP contribution in [0.1, 0.15) is 6.92 Å². The first-order chi connectivity index (χ1) is 5.29. The minimum Gasteiger partial charge on any atom is -0.309 e. The molecule has 0 aliphatic rings. The van der Waals surface area contributed by atoms with Gasteiger partial charge in [-0.2, -0.15) is 0 Å².